The minimum absolute atomic E-state index is 0.0502. The minimum atomic E-state index is -3.72. The van der Waals surface area contributed by atoms with E-state index in [0.717, 1.165) is 0 Å². The Kier molecular flexibility index (Phi) is 2.55. The summed E-state index contributed by atoms with van der Waals surface area (Å²) in [6.07, 6.45) is 0. The molecule has 5 nitrogen and oxygen atoms in total. The summed E-state index contributed by atoms with van der Waals surface area (Å²) in [6.45, 7) is -0.310. The number of anilines is 1. The van der Waals surface area contributed by atoms with Gasteiger partial charge in [-0.25, -0.2) is 13.6 Å². The van der Waals surface area contributed by atoms with Gasteiger partial charge in [0, 0.05) is 11.3 Å². The van der Waals surface area contributed by atoms with Crippen molar-refractivity contribution in [2.45, 2.75) is 11.5 Å². The summed E-state index contributed by atoms with van der Waals surface area (Å²) in [7, 11) is -3.72. The Morgan fingerprint density at radius 1 is 1.38 bits per heavy atom. The minimum Gasteiger partial charge on any atom is -0.398 e. The van der Waals surface area contributed by atoms with E-state index in [2.05, 4.69) is 0 Å². The predicted octanol–water partition coefficient (Wildman–Crippen LogP) is -0.592. The van der Waals surface area contributed by atoms with E-state index in [1.165, 1.54) is 18.2 Å². The first kappa shape index (κ1) is 9.97. The van der Waals surface area contributed by atoms with E-state index >= 15 is 0 Å². The molecule has 0 radical (unpaired) electrons. The molecule has 13 heavy (non-hydrogen) atoms. The van der Waals surface area contributed by atoms with E-state index in [1.807, 2.05) is 0 Å². The standard InChI is InChI=1S/C7H10N2O3S/c8-7-2-1-6(13(9,11)12)3-5(7)4-10/h1-3,10H,4,8H2,(H2,9,11,12). The third-order valence-corrected chi connectivity index (χ3v) is 2.52. The number of nitrogen functional groups attached to an aromatic ring is 1. The smallest absolute Gasteiger partial charge is 0.238 e. The molecule has 0 atom stereocenters. The van der Waals surface area contributed by atoms with Crippen LogP contribution >= 0.6 is 0 Å². The Morgan fingerprint density at radius 2 is 2.00 bits per heavy atom. The molecule has 0 aromatic heterocycles. The second-order valence-electron chi connectivity index (χ2n) is 2.56. The van der Waals surface area contributed by atoms with Gasteiger partial charge in [0.1, 0.15) is 0 Å². The Balaban J connectivity index is 3.30. The fraction of sp³-hybridized carbons (Fsp3) is 0.143. The van der Waals surface area contributed by atoms with E-state index in [0.29, 0.717) is 11.3 Å². The van der Waals surface area contributed by atoms with Gasteiger partial charge in [-0.3, -0.25) is 0 Å². The zero-order valence-corrected chi connectivity index (χ0v) is 7.58. The van der Waals surface area contributed by atoms with Crippen molar-refractivity contribution in [1.29, 1.82) is 0 Å². The summed E-state index contributed by atoms with van der Waals surface area (Å²) >= 11 is 0. The molecule has 0 spiro atoms. The van der Waals surface area contributed by atoms with Crippen LogP contribution < -0.4 is 10.9 Å². The lowest BCUT2D eigenvalue weighted by Gasteiger charge is -2.04. The number of rotatable bonds is 2. The maximum absolute atomic E-state index is 10.9. The summed E-state index contributed by atoms with van der Waals surface area (Å²) < 4.78 is 21.7. The van der Waals surface area contributed by atoms with Gasteiger partial charge < -0.3 is 10.8 Å². The molecule has 0 aliphatic carbocycles. The highest BCUT2D eigenvalue weighted by Crippen LogP contribution is 2.16. The zero-order chi connectivity index (χ0) is 10.1. The normalized spacial score (nSPS) is 11.5. The summed E-state index contributed by atoms with van der Waals surface area (Å²) in [6, 6.07) is 3.94. The van der Waals surface area contributed by atoms with Crippen molar-refractivity contribution in [1.82, 2.24) is 0 Å². The zero-order valence-electron chi connectivity index (χ0n) is 6.77. The second-order valence-corrected chi connectivity index (χ2v) is 4.13. The van der Waals surface area contributed by atoms with E-state index in [1.54, 1.807) is 0 Å². The molecule has 0 aliphatic heterocycles. The lowest BCUT2D eigenvalue weighted by molar-refractivity contribution is 0.282. The van der Waals surface area contributed by atoms with Crippen molar-refractivity contribution < 1.29 is 13.5 Å². The van der Waals surface area contributed by atoms with Crippen molar-refractivity contribution in [3.8, 4) is 0 Å². The van der Waals surface area contributed by atoms with Crippen molar-refractivity contribution in [2.24, 2.45) is 5.14 Å². The first-order valence-electron chi connectivity index (χ1n) is 3.47. The van der Waals surface area contributed by atoms with Crippen LogP contribution in [0.3, 0.4) is 0 Å². The van der Waals surface area contributed by atoms with Crippen LogP contribution in [0.15, 0.2) is 23.1 Å². The van der Waals surface area contributed by atoms with Gasteiger partial charge in [0.15, 0.2) is 0 Å². The first-order valence-corrected chi connectivity index (χ1v) is 5.02. The summed E-state index contributed by atoms with van der Waals surface area (Å²) in [5.41, 5.74) is 6.14. The predicted molar refractivity (Wildman–Crippen MR) is 48.2 cm³/mol. The fourth-order valence-corrected chi connectivity index (χ4v) is 1.46. The SMILES string of the molecule is Nc1ccc(S(N)(=O)=O)cc1CO. The van der Waals surface area contributed by atoms with E-state index < -0.39 is 10.0 Å². The molecule has 1 aromatic rings. The van der Waals surface area contributed by atoms with Crippen molar-refractivity contribution in [2.75, 3.05) is 5.73 Å². The highest BCUT2D eigenvalue weighted by atomic mass is 32.2. The molecule has 0 heterocycles. The maximum atomic E-state index is 10.9. The van der Waals surface area contributed by atoms with Crippen LogP contribution in [-0.2, 0) is 16.6 Å². The van der Waals surface area contributed by atoms with E-state index in [-0.39, 0.29) is 11.5 Å². The monoisotopic (exact) mass is 202 g/mol. The Labute approximate surface area is 76.0 Å². The lowest BCUT2D eigenvalue weighted by atomic mass is 10.2. The van der Waals surface area contributed by atoms with Gasteiger partial charge in [-0.05, 0) is 18.2 Å². The number of primary sulfonamides is 1. The highest BCUT2D eigenvalue weighted by Gasteiger charge is 2.09. The molecule has 1 aromatic carbocycles. The molecular formula is C7H10N2O3S. The van der Waals surface area contributed by atoms with Crippen molar-refractivity contribution >= 4 is 15.7 Å². The highest BCUT2D eigenvalue weighted by molar-refractivity contribution is 7.89. The molecule has 0 fully saturated rings. The van der Waals surface area contributed by atoms with Gasteiger partial charge in [-0.15, -0.1) is 0 Å². The Bertz CT molecular complexity index is 414. The molecule has 0 saturated heterocycles. The molecule has 0 unspecified atom stereocenters. The average Bonchev–Trinajstić information content (AvgIpc) is 2.03. The molecule has 72 valence electrons. The second kappa shape index (κ2) is 3.33. The van der Waals surface area contributed by atoms with Gasteiger partial charge >= 0.3 is 0 Å². The van der Waals surface area contributed by atoms with Gasteiger partial charge in [0.05, 0.1) is 11.5 Å². The quantitative estimate of drug-likeness (QED) is 0.557. The number of hydrogen-bond donors (Lipinski definition) is 3. The molecule has 6 heteroatoms. The molecule has 0 aliphatic rings. The lowest BCUT2D eigenvalue weighted by Crippen LogP contribution is -2.12. The molecular weight excluding hydrogens is 192 g/mol. The Hall–Kier alpha value is -1.11. The average molecular weight is 202 g/mol. The number of nitrogens with two attached hydrogens (primary N) is 2. The third kappa shape index (κ3) is 2.18. The van der Waals surface area contributed by atoms with Crippen molar-refractivity contribution in [3.63, 3.8) is 0 Å². The number of aliphatic hydroxyl groups is 1. The van der Waals surface area contributed by atoms with Crippen molar-refractivity contribution in [3.05, 3.63) is 23.8 Å². The molecule has 0 bridgehead atoms. The summed E-state index contributed by atoms with van der Waals surface area (Å²) in [4.78, 5) is -0.0502. The first-order chi connectivity index (χ1) is 5.95. The number of benzene rings is 1. The van der Waals surface area contributed by atoms with E-state index in [4.69, 9.17) is 16.0 Å². The number of hydrogen-bond acceptors (Lipinski definition) is 4. The van der Waals surface area contributed by atoms with Crippen LogP contribution in [0.25, 0.3) is 0 Å². The maximum Gasteiger partial charge on any atom is 0.238 e. The van der Waals surface area contributed by atoms with Crippen LogP contribution in [0.2, 0.25) is 0 Å². The van der Waals surface area contributed by atoms with Gasteiger partial charge in [0.2, 0.25) is 10.0 Å². The molecule has 5 N–H and O–H groups in total. The summed E-state index contributed by atoms with van der Waals surface area (Å²) in [5, 5.41) is 13.7. The largest absolute Gasteiger partial charge is 0.398 e. The van der Waals surface area contributed by atoms with Gasteiger partial charge in [0.25, 0.3) is 0 Å². The molecule has 0 amide bonds. The van der Waals surface area contributed by atoms with Crippen LogP contribution in [0, 0.1) is 0 Å². The third-order valence-electron chi connectivity index (χ3n) is 1.61. The van der Waals surface area contributed by atoms with Gasteiger partial charge in [-0.1, -0.05) is 0 Å². The Morgan fingerprint density at radius 3 is 2.46 bits per heavy atom. The van der Waals surface area contributed by atoms with E-state index in [9.17, 15) is 8.42 Å². The number of sulfonamides is 1. The molecule has 1 rings (SSSR count). The van der Waals surface area contributed by atoms with Crippen LogP contribution in [0.1, 0.15) is 5.56 Å². The number of aliphatic hydroxyl groups excluding tert-OH is 1. The van der Waals surface area contributed by atoms with Crippen LogP contribution in [0.4, 0.5) is 5.69 Å². The fourth-order valence-electron chi connectivity index (χ4n) is 0.896. The molecule has 0 saturated carbocycles. The topological polar surface area (TPSA) is 106 Å². The van der Waals surface area contributed by atoms with Crippen LogP contribution in [-0.4, -0.2) is 13.5 Å². The van der Waals surface area contributed by atoms with Crippen LogP contribution in [0.5, 0.6) is 0 Å². The summed E-state index contributed by atoms with van der Waals surface area (Å²) in [5.74, 6) is 0. The van der Waals surface area contributed by atoms with Gasteiger partial charge in [-0.2, -0.15) is 0 Å².